The normalized spacial score (nSPS) is 31.0. The highest BCUT2D eigenvalue weighted by molar-refractivity contribution is 5.88. The molecule has 6 rings (SSSR count). The van der Waals surface area contributed by atoms with Crippen molar-refractivity contribution in [3.63, 3.8) is 0 Å². The number of carbonyl (C=O) groups excluding carboxylic acids is 1. The average Bonchev–Trinajstić information content (AvgIpc) is 2.62. The molecular weight excluding hydrogens is 318 g/mol. The van der Waals surface area contributed by atoms with E-state index in [9.17, 15) is 4.79 Å². The molecule has 0 spiro atoms. The average molecular weight is 348 g/mol. The van der Waals surface area contributed by atoms with Crippen LogP contribution in [0.25, 0.3) is 0 Å². The van der Waals surface area contributed by atoms with E-state index in [4.69, 9.17) is 0 Å². The van der Waals surface area contributed by atoms with Crippen LogP contribution in [0, 0.1) is 17.8 Å². The van der Waals surface area contributed by atoms with Gasteiger partial charge in [0.15, 0.2) is 0 Å². The van der Waals surface area contributed by atoms with E-state index in [1.54, 1.807) is 24.8 Å². The molecule has 1 amide bonds. The van der Waals surface area contributed by atoms with E-state index >= 15 is 0 Å². The van der Waals surface area contributed by atoms with Gasteiger partial charge >= 0.3 is 0 Å². The zero-order valence-corrected chi connectivity index (χ0v) is 15.7. The summed E-state index contributed by atoms with van der Waals surface area (Å²) in [5.41, 5.74) is 3.08. The Hall–Kier alpha value is -2.09. The van der Waals surface area contributed by atoms with Gasteiger partial charge in [0.05, 0.1) is 0 Å². The van der Waals surface area contributed by atoms with Crippen LogP contribution in [0.15, 0.2) is 60.7 Å². The Kier molecular flexibility index (Phi) is 4.84. The summed E-state index contributed by atoms with van der Waals surface area (Å²) in [7, 11) is 0. The van der Waals surface area contributed by atoms with Crippen LogP contribution in [0.2, 0.25) is 0 Å². The molecule has 1 N–H and O–H groups in total. The molecule has 4 aliphatic carbocycles. The minimum absolute atomic E-state index is 0.0359. The fourth-order valence-corrected chi connectivity index (χ4v) is 5.98. The van der Waals surface area contributed by atoms with Crippen LogP contribution in [0.4, 0.5) is 5.69 Å². The minimum atomic E-state index is -0.0359. The van der Waals surface area contributed by atoms with Crippen LogP contribution >= 0.6 is 0 Å². The number of para-hydroxylation sites is 1. The first-order valence-electron chi connectivity index (χ1n) is 10.0. The largest absolute Gasteiger partial charge is 0.326 e. The van der Waals surface area contributed by atoms with Crippen molar-refractivity contribution in [2.75, 3.05) is 5.32 Å². The molecule has 4 fully saturated rings. The van der Waals surface area contributed by atoms with E-state index in [0.29, 0.717) is 5.41 Å². The Bertz CT molecular complexity index is 702. The Morgan fingerprint density at radius 3 is 1.73 bits per heavy atom. The van der Waals surface area contributed by atoms with Crippen LogP contribution in [0.1, 0.15) is 51.0 Å². The minimum Gasteiger partial charge on any atom is -0.326 e. The topological polar surface area (TPSA) is 29.1 Å². The second kappa shape index (κ2) is 7.26. The molecule has 0 saturated heterocycles. The fraction of sp³-hybridized carbons (Fsp3) is 0.458. The lowest BCUT2D eigenvalue weighted by Crippen LogP contribution is -2.48. The Labute approximate surface area is 157 Å². The SMILES string of the molecule is CC(=O)Nc1ccccc1.c1ccc(C23CC4CC(CC(C4)C2)C3)cc1. The molecule has 0 aliphatic heterocycles. The summed E-state index contributed by atoms with van der Waals surface area (Å²) in [6.45, 7) is 1.49. The molecule has 2 heteroatoms. The van der Waals surface area contributed by atoms with E-state index in [1.807, 2.05) is 30.3 Å². The maximum atomic E-state index is 10.5. The van der Waals surface area contributed by atoms with Gasteiger partial charge in [0, 0.05) is 12.6 Å². The number of hydrogen-bond donors (Lipinski definition) is 1. The van der Waals surface area contributed by atoms with Crippen molar-refractivity contribution in [1.29, 1.82) is 0 Å². The van der Waals surface area contributed by atoms with E-state index in [0.717, 1.165) is 23.4 Å². The fourth-order valence-electron chi connectivity index (χ4n) is 5.98. The molecular formula is C24H29NO. The predicted octanol–water partition coefficient (Wildman–Crippen LogP) is 5.80. The number of carbonyl (C=O) groups is 1. The van der Waals surface area contributed by atoms with Gasteiger partial charge < -0.3 is 5.32 Å². The molecule has 26 heavy (non-hydrogen) atoms. The van der Waals surface area contributed by atoms with Crippen LogP contribution in [-0.2, 0) is 10.2 Å². The Morgan fingerprint density at radius 2 is 1.27 bits per heavy atom. The molecule has 136 valence electrons. The van der Waals surface area contributed by atoms with Gasteiger partial charge in [-0.1, -0.05) is 48.5 Å². The highest BCUT2D eigenvalue weighted by Gasteiger charge is 2.51. The van der Waals surface area contributed by atoms with Crippen LogP contribution < -0.4 is 5.32 Å². The van der Waals surface area contributed by atoms with Crippen molar-refractivity contribution in [2.24, 2.45) is 17.8 Å². The van der Waals surface area contributed by atoms with Crippen molar-refractivity contribution >= 4 is 11.6 Å². The summed E-state index contributed by atoms with van der Waals surface area (Å²) < 4.78 is 0. The van der Waals surface area contributed by atoms with E-state index in [1.165, 1.54) is 26.2 Å². The maximum Gasteiger partial charge on any atom is 0.221 e. The molecule has 0 unspecified atom stereocenters. The first-order valence-corrected chi connectivity index (χ1v) is 10.0. The summed E-state index contributed by atoms with van der Waals surface area (Å²) in [5.74, 6) is 3.15. The zero-order valence-electron chi connectivity index (χ0n) is 15.7. The van der Waals surface area contributed by atoms with Gasteiger partial charge in [0.25, 0.3) is 0 Å². The lowest BCUT2D eigenvalue weighted by Gasteiger charge is -2.57. The van der Waals surface area contributed by atoms with Gasteiger partial charge in [-0.15, -0.1) is 0 Å². The smallest absolute Gasteiger partial charge is 0.221 e. The molecule has 4 aliphatic rings. The Balaban J connectivity index is 0.000000146. The van der Waals surface area contributed by atoms with Gasteiger partial charge in [-0.25, -0.2) is 0 Å². The third kappa shape index (κ3) is 3.70. The number of hydrogen-bond acceptors (Lipinski definition) is 1. The summed E-state index contributed by atoms with van der Waals surface area (Å²) in [4.78, 5) is 10.5. The molecule has 4 saturated carbocycles. The molecule has 0 radical (unpaired) electrons. The number of benzene rings is 2. The number of anilines is 1. The maximum absolute atomic E-state index is 10.5. The van der Waals surface area contributed by atoms with Crippen LogP contribution in [0.3, 0.4) is 0 Å². The molecule has 0 aromatic heterocycles. The second-order valence-electron chi connectivity index (χ2n) is 8.61. The molecule has 2 nitrogen and oxygen atoms in total. The second-order valence-corrected chi connectivity index (χ2v) is 8.61. The summed E-state index contributed by atoms with van der Waals surface area (Å²) in [5, 5.41) is 2.67. The number of rotatable bonds is 2. The first kappa shape index (κ1) is 17.3. The van der Waals surface area contributed by atoms with E-state index in [-0.39, 0.29) is 5.91 Å². The number of amides is 1. The van der Waals surface area contributed by atoms with E-state index < -0.39 is 0 Å². The van der Waals surface area contributed by atoms with Gasteiger partial charge in [0.2, 0.25) is 5.91 Å². The Morgan fingerprint density at radius 1 is 0.808 bits per heavy atom. The highest BCUT2D eigenvalue weighted by atomic mass is 16.1. The van der Waals surface area contributed by atoms with Crippen molar-refractivity contribution in [3.05, 3.63) is 66.2 Å². The summed E-state index contributed by atoms with van der Waals surface area (Å²) in [6, 6.07) is 20.7. The lowest BCUT2D eigenvalue weighted by molar-refractivity contribution is -0.114. The van der Waals surface area contributed by atoms with Crippen LogP contribution in [-0.4, -0.2) is 5.91 Å². The van der Waals surface area contributed by atoms with Gasteiger partial charge in [-0.05, 0) is 79.4 Å². The molecule has 0 heterocycles. The summed E-state index contributed by atoms with van der Waals surface area (Å²) in [6.07, 6.45) is 9.11. The first-order chi connectivity index (χ1) is 12.6. The standard InChI is InChI=1S/C16H20.C8H9NO/c1-2-4-15(5-3-1)16-9-12-6-13(10-16)8-14(7-12)11-16;1-7(10)9-8-5-3-2-4-6-8/h1-5,12-14H,6-11H2;2-6H,1H3,(H,9,10). The monoisotopic (exact) mass is 347 g/mol. The van der Waals surface area contributed by atoms with Crippen molar-refractivity contribution in [2.45, 2.75) is 50.9 Å². The van der Waals surface area contributed by atoms with Crippen molar-refractivity contribution in [1.82, 2.24) is 0 Å². The molecule has 2 aromatic rings. The third-order valence-electron chi connectivity index (χ3n) is 6.52. The van der Waals surface area contributed by atoms with Crippen molar-refractivity contribution in [3.8, 4) is 0 Å². The highest BCUT2D eigenvalue weighted by Crippen LogP contribution is 2.60. The van der Waals surface area contributed by atoms with Crippen molar-refractivity contribution < 1.29 is 4.79 Å². The zero-order chi connectivity index (χ0) is 18.0. The molecule has 4 bridgehead atoms. The molecule has 0 atom stereocenters. The summed E-state index contributed by atoms with van der Waals surface area (Å²) >= 11 is 0. The van der Waals surface area contributed by atoms with E-state index in [2.05, 4.69) is 35.6 Å². The quantitative estimate of drug-likeness (QED) is 0.731. The van der Waals surface area contributed by atoms with Gasteiger partial charge in [0.1, 0.15) is 0 Å². The third-order valence-corrected chi connectivity index (χ3v) is 6.52. The van der Waals surface area contributed by atoms with Crippen LogP contribution in [0.5, 0.6) is 0 Å². The van der Waals surface area contributed by atoms with Gasteiger partial charge in [-0.3, -0.25) is 4.79 Å². The predicted molar refractivity (Wildman–Crippen MR) is 107 cm³/mol. The van der Waals surface area contributed by atoms with Gasteiger partial charge in [-0.2, -0.15) is 0 Å². The lowest BCUT2D eigenvalue weighted by atomic mass is 9.48. The number of nitrogens with one attached hydrogen (secondary N) is 1. The molecule has 2 aromatic carbocycles.